The first-order valence-electron chi connectivity index (χ1n) is 6.87. The number of halogens is 3. The molecule has 2 N–H and O–H groups in total. The zero-order valence-corrected chi connectivity index (χ0v) is 14.8. The Kier molecular flexibility index (Phi) is 4.60. The molecule has 0 saturated carbocycles. The lowest BCUT2D eigenvalue weighted by Crippen LogP contribution is -2.39. The van der Waals surface area contributed by atoms with Crippen molar-refractivity contribution in [3.05, 3.63) is 63.9 Å². The molecule has 1 spiro atoms. The number of thioether (sulfide) groups is 1. The SMILES string of the molecule is CF.O=C1Nc2ccc(F)cc2C12NN=C(c1ccc(Br)cc1)S2. The number of anilines is 1. The Morgan fingerprint density at radius 3 is 2.58 bits per heavy atom. The summed E-state index contributed by atoms with van der Waals surface area (Å²) in [6.45, 7) is 0. The Morgan fingerprint density at radius 1 is 1.17 bits per heavy atom. The number of hydrazone groups is 1. The molecule has 0 fully saturated rings. The highest BCUT2D eigenvalue weighted by Gasteiger charge is 2.52. The molecule has 4 rings (SSSR count). The summed E-state index contributed by atoms with van der Waals surface area (Å²) in [4.78, 5) is 11.3. The van der Waals surface area contributed by atoms with Crippen LogP contribution in [0.25, 0.3) is 0 Å². The fraction of sp³-hybridized carbons (Fsp3) is 0.125. The lowest BCUT2D eigenvalue weighted by atomic mass is 10.1. The van der Waals surface area contributed by atoms with E-state index >= 15 is 0 Å². The Labute approximate surface area is 149 Å². The number of hydrogen-bond acceptors (Lipinski definition) is 4. The van der Waals surface area contributed by atoms with E-state index in [4.69, 9.17) is 0 Å². The third-order valence-electron chi connectivity index (χ3n) is 3.58. The topological polar surface area (TPSA) is 53.5 Å². The summed E-state index contributed by atoms with van der Waals surface area (Å²) in [7, 11) is 0.500. The van der Waals surface area contributed by atoms with Crippen LogP contribution in [0.5, 0.6) is 0 Å². The molecule has 0 aromatic heterocycles. The number of rotatable bonds is 1. The first-order valence-corrected chi connectivity index (χ1v) is 8.48. The molecule has 1 unspecified atom stereocenters. The summed E-state index contributed by atoms with van der Waals surface area (Å²) >= 11 is 4.67. The molecule has 2 aliphatic heterocycles. The molecule has 2 heterocycles. The van der Waals surface area contributed by atoms with Gasteiger partial charge in [0.2, 0.25) is 4.87 Å². The molecule has 1 atom stereocenters. The normalized spacial score (nSPS) is 20.7. The molecular formula is C16H12BrF2N3OS. The van der Waals surface area contributed by atoms with Gasteiger partial charge in [-0.15, -0.1) is 0 Å². The van der Waals surface area contributed by atoms with Crippen molar-refractivity contribution in [2.75, 3.05) is 12.5 Å². The molecule has 0 aliphatic carbocycles. The van der Waals surface area contributed by atoms with Crippen LogP contribution in [-0.4, -0.2) is 18.1 Å². The number of amides is 1. The zero-order chi connectivity index (χ0) is 17.3. The van der Waals surface area contributed by atoms with Crippen LogP contribution in [0.3, 0.4) is 0 Å². The zero-order valence-electron chi connectivity index (χ0n) is 12.4. The molecule has 24 heavy (non-hydrogen) atoms. The summed E-state index contributed by atoms with van der Waals surface area (Å²) in [5, 5.41) is 7.74. The largest absolute Gasteiger partial charge is 0.323 e. The Balaban J connectivity index is 0.000000815. The molecule has 2 aromatic rings. The van der Waals surface area contributed by atoms with Crippen LogP contribution in [0, 0.1) is 5.82 Å². The summed E-state index contributed by atoms with van der Waals surface area (Å²) in [5.41, 5.74) is 4.96. The van der Waals surface area contributed by atoms with Gasteiger partial charge in [0.25, 0.3) is 5.91 Å². The molecule has 1 amide bonds. The van der Waals surface area contributed by atoms with Crippen molar-refractivity contribution in [3.8, 4) is 0 Å². The van der Waals surface area contributed by atoms with E-state index in [2.05, 4.69) is 31.8 Å². The predicted molar refractivity (Wildman–Crippen MR) is 95.1 cm³/mol. The number of benzene rings is 2. The highest BCUT2D eigenvalue weighted by atomic mass is 79.9. The standard InChI is InChI=1S/C15H9BrFN3OS.CH3F/c16-9-3-1-8(2-4-9)13-19-20-15(22-13)11-7-10(17)5-6-12(11)18-14(15)21;1-2/h1-7,20H,(H,18,21);1H3. The summed E-state index contributed by atoms with van der Waals surface area (Å²) < 4.78 is 24.0. The Hall–Kier alpha value is -1.93. The number of fused-ring (bicyclic) bond motifs is 2. The second kappa shape index (κ2) is 6.52. The minimum absolute atomic E-state index is 0.242. The predicted octanol–water partition coefficient (Wildman–Crippen LogP) is 3.98. The van der Waals surface area contributed by atoms with E-state index in [1.54, 1.807) is 6.07 Å². The van der Waals surface area contributed by atoms with Crippen molar-refractivity contribution in [2.24, 2.45) is 5.10 Å². The minimum atomic E-state index is -1.10. The van der Waals surface area contributed by atoms with E-state index < -0.39 is 4.87 Å². The number of hydrogen-bond donors (Lipinski definition) is 2. The summed E-state index contributed by atoms with van der Waals surface area (Å²) in [5.74, 6) is -0.622. The van der Waals surface area contributed by atoms with Gasteiger partial charge in [-0.2, -0.15) is 5.10 Å². The van der Waals surface area contributed by atoms with Gasteiger partial charge in [0.1, 0.15) is 10.9 Å². The number of nitrogens with zero attached hydrogens (tertiary/aromatic N) is 1. The van der Waals surface area contributed by atoms with Crippen LogP contribution in [0.2, 0.25) is 0 Å². The maximum Gasteiger partial charge on any atom is 0.267 e. The Bertz CT molecular complexity index is 829. The van der Waals surface area contributed by atoms with E-state index in [1.165, 1.54) is 23.9 Å². The van der Waals surface area contributed by atoms with Crippen LogP contribution in [0.1, 0.15) is 11.1 Å². The molecule has 0 radical (unpaired) electrons. The maximum atomic E-state index is 13.6. The van der Waals surface area contributed by atoms with Crippen LogP contribution < -0.4 is 10.7 Å². The maximum absolute atomic E-state index is 13.6. The summed E-state index contributed by atoms with van der Waals surface area (Å²) in [6, 6.07) is 11.9. The van der Waals surface area contributed by atoms with Crippen LogP contribution >= 0.6 is 27.7 Å². The van der Waals surface area contributed by atoms with Gasteiger partial charge in [-0.3, -0.25) is 14.6 Å². The van der Waals surface area contributed by atoms with Crippen LogP contribution in [-0.2, 0) is 9.67 Å². The lowest BCUT2D eigenvalue weighted by Gasteiger charge is -2.19. The average Bonchev–Trinajstić information content (AvgIpc) is 3.15. The highest BCUT2D eigenvalue weighted by Crippen LogP contribution is 2.48. The van der Waals surface area contributed by atoms with E-state index in [1.807, 2.05) is 24.3 Å². The lowest BCUT2D eigenvalue weighted by molar-refractivity contribution is -0.118. The van der Waals surface area contributed by atoms with Gasteiger partial charge in [-0.05, 0) is 30.3 Å². The molecular weight excluding hydrogens is 400 g/mol. The van der Waals surface area contributed by atoms with Crippen molar-refractivity contribution in [1.29, 1.82) is 0 Å². The number of nitrogens with one attached hydrogen (secondary N) is 2. The molecule has 4 nitrogen and oxygen atoms in total. The van der Waals surface area contributed by atoms with Gasteiger partial charge in [0.15, 0.2) is 0 Å². The van der Waals surface area contributed by atoms with E-state index in [9.17, 15) is 13.6 Å². The molecule has 124 valence electrons. The van der Waals surface area contributed by atoms with Crippen molar-refractivity contribution in [3.63, 3.8) is 0 Å². The van der Waals surface area contributed by atoms with Crippen molar-refractivity contribution in [1.82, 2.24) is 5.43 Å². The van der Waals surface area contributed by atoms with Gasteiger partial charge < -0.3 is 5.32 Å². The second-order valence-corrected chi connectivity index (χ2v) is 7.08. The molecule has 8 heteroatoms. The van der Waals surface area contributed by atoms with Gasteiger partial charge in [0.05, 0.1) is 7.18 Å². The van der Waals surface area contributed by atoms with Gasteiger partial charge in [0, 0.05) is 21.3 Å². The smallest absolute Gasteiger partial charge is 0.267 e. The van der Waals surface area contributed by atoms with E-state index in [0.717, 1.165) is 10.0 Å². The summed E-state index contributed by atoms with van der Waals surface area (Å²) in [6.07, 6.45) is 0. The molecule has 2 aromatic carbocycles. The molecule has 2 aliphatic rings. The monoisotopic (exact) mass is 411 g/mol. The number of carbonyl (C=O) groups excluding carboxylic acids is 1. The third-order valence-corrected chi connectivity index (χ3v) is 5.44. The highest BCUT2D eigenvalue weighted by molar-refractivity contribution is 9.10. The Morgan fingerprint density at radius 2 is 1.88 bits per heavy atom. The van der Waals surface area contributed by atoms with Gasteiger partial charge in [-0.25, -0.2) is 4.39 Å². The fourth-order valence-electron chi connectivity index (χ4n) is 2.50. The first kappa shape index (κ1) is 16.9. The van der Waals surface area contributed by atoms with E-state index in [-0.39, 0.29) is 11.7 Å². The van der Waals surface area contributed by atoms with Gasteiger partial charge in [-0.1, -0.05) is 39.8 Å². The third kappa shape index (κ3) is 2.69. The molecule has 0 saturated heterocycles. The van der Waals surface area contributed by atoms with Gasteiger partial charge >= 0.3 is 0 Å². The van der Waals surface area contributed by atoms with Crippen LogP contribution in [0.4, 0.5) is 14.5 Å². The van der Waals surface area contributed by atoms with Crippen LogP contribution in [0.15, 0.2) is 52.0 Å². The van der Waals surface area contributed by atoms with Crippen molar-refractivity contribution < 1.29 is 13.6 Å². The number of alkyl halides is 1. The van der Waals surface area contributed by atoms with Crippen molar-refractivity contribution >= 4 is 44.3 Å². The average molecular weight is 412 g/mol. The quantitative estimate of drug-likeness (QED) is 0.745. The number of carbonyl (C=O) groups is 1. The van der Waals surface area contributed by atoms with Crippen molar-refractivity contribution in [2.45, 2.75) is 4.87 Å². The molecule has 0 bridgehead atoms. The minimum Gasteiger partial charge on any atom is -0.323 e. The first-order chi connectivity index (χ1) is 11.6. The van der Waals surface area contributed by atoms with E-state index in [0.29, 0.717) is 23.5 Å². The fourth-order valence-corrected chi connectivity index (χ4v) is 3.91. The second-order valence-electron chi connectivity index (χ2n) is 4.96.